The number of carbonyl (C=O) groups is 2. The summed E-state index contributed by atoms with van der Waals surface area (Å²) in [5.41, 5.74) is 11.6. The lowest BCUT2D eigenvalue weighted by molar-refractivity contribution is -0.133. The van der Waals surface area contributed by atoms with Gasteiger partial charge < -0.3 is 25.0 Å². The summed E-state index contributed by atoms with van der Waals surface area (Å²) in [5.74, 6) is 1.50. The van der Waals surface area contributed by atoms with E-state index in [1.807, 2.05) is 114 Å². The van der Waals surface area contributed by atoms with Crippen molar-refractivity contribution in [1.29, 1.82) is 0 Å². The molecule has 0 unspecified atom stereocenters. The van der Waals surface area contributed by atoms with E-state index in [9.17, 15) is 9.59 Å². The number of anilines is 1. The molecule has 0 aromatic heterocycles. The summed E-state index contributed by atoms with van der Waals surface area (Å²) in [4.78, 5) is 32.9. The lowest BCUT2D eigenvalue weighted by Crippen LogP contribution is -2.47. The monoisotopic (exact) mass is 634 g/mol. The predicted octanol–water partition coefficient (Wildman–Crippen LogP) is 5.82. The van der Waals surface area contributed by atoms with E-state index in [4.69, 9.17) is 15.2 Å². The number of carbonyl (C=O) groups excluding carboxylic acids is 2. The van der Waals surface area contributed by atoms with Crippen LogP contribution in [-0.4, -0.2) is 60.4 Å². The summed E-state index contributed by atoms with van der Waals surface area (Å²) in [7, 11) is 0. The molecular weight excluding hydrogens is 588 g/mol. The molecule has 4 aromatic carbocycles. The normalized spacial score (nSPS) is 14.9. The molecule has 0 spiro atoms. The smallest absolute Gasteiger partial charge is 0.240 e. The Morgan fingerprint density at radius 3 is 2.28 bits per heavy atom. The van der Waals surface area contributed by atoms with Crippen LogP contribution in [0.5, 0.6) is 11.5 Å². The second-order valence-electron chi connectivity index (χ2n) is 12.0. The van der Waals surface area contributed by atoms with E-state index >= 15 is 0 Å². The molecule has 1 aliphatic heterocycles. The van der Waals surface area contributed by atoms with E-state index in [1.54, 1.807) is 6.92 Å². The van der Waals surface area contributed by atoms with Gasteiger partial charge in [0.15, 0.2) is 0 Å². The largest absolute Gasteiger partial charge is 0.494 e. The van der Waals surface area contributed by atoms with Gasteiger partial charge in [0, 0.05) is 57.4 Å². The Morgan fingerprint density at radius 2 is 1.51 bits per heavy atom. The average Bonchev–Trinajstić information content (AvgIpc) is 3.12. The lowest BCUT2D eigenvalue weighted by Gasteiger charge is -2.30. The van der Waals surface area contributed by atoms with Crippen molar-refractivity contribution >= 4 is 17.5 Å². The third-order valence-corrected chi connectivity index (χ3v) is 8.49. The minimum Gasteiger partial charge on any atom is -0.494 e. The van der Waals surface area contributed by atoms with E-state index in [2.05, 4.69) is 11.0 Å². The molecule has 5 rings (SSSR count). The first-order valence-corrected chi connectivity index (χ1v) is 16.5. The first kappa shape index (κ1) is 33.7. The molecule has 0 saturated carbocycles. The van der Waals surface area contributed by atoms with Gasteiger partial charge in [0.2, 0.25) is 11.8 Å². The van der Waals surface area contributed by atoms with Crippen molar-refractivity contribution in [3.8, 4) is 11.5 Å². The number of fused-ring (bicyclic) bond motifs is 1. The molecule has 8 nitrogen and oxygen atoms in total. The van der Waals surface area contributed by atoms with Crippen molar-refractivity contribution in [2.45, 2.75) is 52.4 Å². The second kappa shape index (κ2) is 16.8. The summed E-state index contributed by atoms with van der Waals surface area (Å²) >= 11 is 0. The molecular formula is C39H46N4O4. The van der Waals surface area contributed by atoms with Crippen molar-refractivity contribution in [3.63, 3.8) is 0 Å². The number of nitrogens with two attached hydrogens (primary N) is 1. The van der Waals surface area contributed by atoms with Crippen LogP contribution >= 0.6 is 0 Å². The molecule has 1 aliphatic rings. The highest BCUT2D eigenvalue weighted by Crippen LogP contribution is 2.25. The van der Waals surface area contributed by atoms with E-state index in [-0.39, 0.29) is 11.8 Å². The Kier molecular flexibility index (Phi) is 12.0. The zero-order valence-electron chi connectivity index (χ0n) is 27.5. The average molecular weight is 635 g/mol. The standard InChI is InChI=1S/C39H46N4O4/c1-3-46-38-17-10-8-15-34(38)27-41-22-11-23-43(30(2)44)37-16-9-7-14-33(37)28-42(25-24-41)39(45)36(40)26-31-18-20-35(21-19-31)47-29-32-12-5-4-6-13-32/h4-10,12-21,36H,3,11,22-29,40H2,1-2H3/t36-/m0/s1. The Hall–Kier alpha value is -4.66. The van der Waals surface area contributed by atoms with Gasteiger partial charge >= 0.3 is 0 Å². The molecule has 8 heteroatoms. The molecule has 0 fully saturated rings. The minimum atomic E-state index is -0.723. The third-order valence-electron chi connectivity index (χ3n) is 8.49. The number of nitrogens with zero attached hydrogens (tertiary/aromatic N) is 3. The number of hydrogen-bond donors (Lipinski definition) is 1. The van der Waals surface area contributed by atoms with Gasteiger partial charge in [0.25, 0.3) is 0 Å². The minimum absolute atomic E-state index is 0.0179. The molecule has 0 radical (unpaired) electrons. The second-order valence-corrected chi connectivity index (χ2v) is 12.0. The van der Waals surface area contributed by atoms with E-state index in [0.717, 1.165) is 52.4 Å². The van der Waals surface area contributed by atoms with Gasteiger partial charge in [-0.05, 0) is 60.7 Å². The van der Waals surface area contributed by atoms with Crippen molar-refractivity contribution in [2.75, 3.05) is 37.7 Å². The predicted molar refractivity (Wildman–Crippen MR) is 186 cm³/mol. The summed E-state index contributed by atoms with van der Waals surface area (Å²) < 4.78 is 11.8. The molecule has 47 heavy (non-hydrogen) atoms. The summed E-state index contributed by atoms with van der Waals surface area (Å²) in [6, 6.07) is 33.1. The van der Waals surface area contributed by atoms with Gasteiger partial charge in [-0.25, -0.2) is 0 Å². The molecule has 2 amide bonds. The summed E-state index contributed by atoms with van der Waals surface area (Å²) in [6.45, 7) is 8.23. The van der Waals surface area contributed by atoms with E-state index in [1.165, 1.54) is 0 Å². The van der Waals surface area contributed by atoms with Crippen molar-refractivity contribution in [3.05, 3.63) is 125 Å². The maximum Gasteiger partial charge on any atom is 0.240 e. The van der Waals surface area contributed by atoms with Gasteiger partial charge in [-0.2, -0.15) is 0 Å². The van der Waals surface area contributed by atoms with Gasteiger partial charge in [0.1, 0.15) is 18.1 Å². The van der Waals surface area contributed by atoms with Crippen LogP contribution in [0.3, 0.4) is 0 Å². The molecule has 0 aliphatic carbocycles. The first-order chi connectivity index (χ1) is 22.9. The molecule has 2 N–H and O–H groups in total. The van der Waals surface area contributed by atoms with Crippen molar-refractivity contribution in [2.24, 2.45) is 5.73 Å². The Bertz CT molecular complexity index is 1590. The quantitative estimate of drug-likeness (QED) is 0.237. The van der Waals surface area contributed by atoms with Gasteiger partial charge in [-0.3, -0.25) is 14.5 Å². The van der Waals surface area contributed by atoms with Crippen molar-refractivity contribution in [1.82, 2.24) is 9.80 Å². The number of amides is 2. The zero-order chi connectivity index (χ0) is 33.0. The van der Waals surface area contributed by atoms with Crippen LogP contribution < -0.4 is 20.1 Å². The number of para-hydroxylation sites is 2. The molecule has 0 saturated heterocycles. The van der Waals surface area contributed by atoms with Gasteiger partial charge in [-0.1, -0.05) is 78.9 Å². The van der Waals surface area contributed by atoms with Gasteiger partial charge in [-0.15, -0.1) is 0 Å². The highest BCUT2D eigenvalue weighted by atomic mass is 16.5. The SMILES string of the molecule is CCOc1ccccc1CN1CCCN(C(C)=O)c2ccccc2CN(C(=O)[C@@H](N)Cc2ccc(OCc3ccccc3)cc2)CC1. The molecule has 1 atom stereocenters. The highest BCUT2D eigenvalue weighted by Gasteiger charge is 2.26. The fraction of sp³-hybridized carbons (Fsp3) is 0.333. The number of rotatable bonds is 10. The van der Waals surface area contributed by atoms with Crippen LogP contribution in [0.2, 0.25) is 0 Å². The van der Waals surface area contributed by atoms with Crippen LogP contribution in [-0.2, 0) is 35.7 Å². The Labute approximate surface area is 278 Å². The van der Waals surface area contributed by atoms with Crippen LogP contribution in [0.4, 0.5) is 5.69 Å². The number of benzene rings is 4. The van der Waals surface area contributed by atoms with Crippen LogP contribution in [0.15, 0.2) is 103 Å². The third kappa shape index (κ3) is 9.44. The van der Waals surface area contributed by atoms with Crippen LogP contribution in [0, 0.1) is 0 Å². The first-order valence-electron chi connectivity index (χ1n) is 16.5. The molecule has 1 heterocycles. The summed E-state index contributed by atoms with van der Waals surface area (Å²) in [5, 5.41) is 0. The fourth-order valence-electron chi connectivity index (χ4n) is 6.02. The zero-order valence-corrected chi connectivity index (χ0v) is 27.5. The molecule has 246 valence electrons. The van der Waals surface area contributed by atoms with Crippen LogP contribution in [0.25, 0.3) is 0 Å². The van der Waals surface area contributed by atoms with Crippen molar-refractivity contribution < 1.29 is 19.1 Å². The highest BCUT2D eigenvalue weighted by molar-refractivity contribution is 5.92. The Balaban J connectivity index is 1.32. The summed E-state index contributed by atoms with van der Waals surface area (Å²) in [6.07, 6.45) is 1.20. The maximum atomic E-state index is 14.1. The van der Waals surface area contributed by atoms with E-state index in [0.29, 0.717) is 52.4 Å². The number of ether oxygens (including phenoxy) is 2. The molecule has 0 bridgehead atoms. The van der Waals surface area contributed by atoms with Gasteiger partial charge in [0.05, 0.1) is 12.6 Å². The fourth-order valence-corrected chi connectivity index (χ4v) is 6.02. The van der Waals surface area contributed by atoms with E-state index < -0.39 is 6.04 Å². The number of hydrogen-bond acceptors (Lipinski definition) is 6. The molecule has 4 aromatic rings. The van der Waals surface area contributed by atoms with Crippen LogP contribution in [0.1, 0.15) is 42.5 Å². The maximum absolute atomic E-state index is 14.1. The lowest BCUT2D eigenvalue weighted by atomic mass is 10.0. The Morgan fingerprint density at radius 1 is 0.787 bits per heavy atom. The topological polar surface area (TPSA) is 88.3 Å².